The van der Waals surface area contributed by atoms with Crippen LogP contribution in [0.25, 0.3) is 18.3 Å². The Hall–Kier alpha value is -3.57. The summed E-state index contributed by atoms with van der Waals surface area (Å²) in [5.41, 5.74) is 1.72. The summed E-state index contributed by atoms with van der Waals surface area (Å²) in [7, 11) is 0. The van der Waals surface area contributed by atoms with E-state index in [9.17, 15) is 9.18 Å². The minimum atomic E-state index is -0.297. The molecule has 0 atom stereocenters. The molecule has 0 bridgehead atoms. The molecule has 0 fully saturated rings. The molecule has 150 valence electrons. The molecule has 3 aromatic carbocycles. The summed E-state index contributed by atoms with van der Waals surface area (Å²) in [5, 5.41) is 4.47. The van der Waals surface area contributed by atoms with E-state index >= 15 is 0 Å². The topological polar surface area (TPSA) is 47.0 Å². The maximum absolute atomic E-state index is 13.7. The fraction of sp³-hybridized carbons (Fsp3) is 0.0417. The van der Waals surface area contributed by atoms with E-state index in [4.69, 9.17) is 16.3 Å². The van der Waals surface area contributed by atoms with Gasteiger partial charge in [-0.1, -0.05) is 54.6 Å². The van der Waals surface area contributed by atoms with Gasteiger partial charge in [-0.15, -0.1) is 0 Å². The van der Waals surface area contributed by atoms with E-state index in [1.807, 2.05) is 12.1 Å². The number of H-pyrrole nitrogens is 1. The largest absolute Gasteiger partial charge is 0.489 e. The Balaban J connectivity index is 1.58. The Morgan fingerprint density at radius 1 is 1.07 bits per heavy atom. The zero-order chi connectivity index (χ0) is 21.1. The van der Waals surface area contributed by atoms with E-state index in [1.54, 1.807) is 60.7 Å². The molecule has 1 N–H and O–H groups in total. The number of rotatable bonds is 5. The van der Waals surface area contributed by atoms with Gasteiger partial charge in [-0.05, 0) is 48.0 Å². The van der Waals surface area contributed by atoms with Crippen LogP contribution in [0.3, 0.4) is 0 Å². The van der Waals surface area contributed by atoms with E-state index in [0.29, 0.717) is 32.6 Å². The summed E-state index contributed by atoms with van der Waals surface area (Å²) < 4.78 is 20.7. The summed E-state index contributed by atoms with van der Waals surface area (Å²) in [6.07, 6.45) is 1.75. The van der Waals surface area contributed by atoms with Gasteiger partial charge in [-0.3, -0.25) is 9.89 Å². The first kappa shape index (κ1) is 19.7. The lowest BCUT2D eigenvalue weighted by atomic mass is 10.2. The Labute approximate surface area is 177 Å². The average Bonchev–Trinajstić information content (AvgIpc) is 3.02. The molecule has 4 rings (SSSR count). The zero-order valence-corrected chi connectivity index (χ0v) is 16.7. The van der Waals surface area contributed by atoms with Gasteiger partial charge in [0.15, 0.2) is 0 Å². The predicted octanol–water partition coefficient (Wildman–Crippen LogP) is 3.78. The second kappa shape index (κ2) is 8.43. The highest BCUT2D eigenvalue weighted by atomic mass is 35.5. The van der Waals surface area contributed by atoms with Crippen LogP contribution in [-0.2, 0) is 6.61 Å². The normalized spacial score (nSPS) is 11.6. The number of benzene rings is 3. The highest BCUT2D eigenvalue weighted by molar-refractivity contribution is 6.30. The van der Waals surface area contributed by atoms with Crippen LogP contribution < -0.4 is 20.9 Å². The first-order chi connectivity index (χ1) is 14.5. The lowest BCUT2D eigenvalue weighted by Crippen LogP contribution is -2.33. The third-order valence-electron chi connectivity index (χ3n) is 4.62. The van der Waals surface area contributed by atoms with E-state index in [2.05, 4.69) is 11.7 Å². The second-order valence-corrected chi connectivity index (χ2v) is 7.15. The number of aromatic amines is 1. The van der Waals surface area contributed by atoms with Gasteiger partial charge in [0, 0.05) is 10.6 Å². The molecule has 6 heteroatoms. The molecule has 0 saturated carbocycles. The molecule has 0 radical (unpaired) electrons. The molecule has 4 nitrogen and oxygen atoms in total. The molecule has 0 spiro atoms. The minimum absolute atomic E-state index is 0.140. The number of nitrogens with zero attached hydrogens (tertiary/aromatic N) is 1. The van der Waals surface area contributed by atoms with Crippen LogP contribution in [0, 0.1) is 5.82 Å². The summed E-state index contributed by atoms with van der Waals surface area (Å²) >= 11 is 6.03. The fourth-order valence-electron chi connectivity index (χ4n) is 3.04. The number of hydrogen-bond donors (Lipinski definition) is 1. The van der Waals surface area contributed by atoms with Gasteiger partial charge in [0.2, 0.25) is 0 Å². The zero-order valence-electron chi connectivity index (χ0n) is 15.9. The van der Waals surface area contributed by atoms with Crippen molar-refractivity contribution in [3.05, 3.63) is 116 Å². The van der Waals surface area contributed by atoms with Crippen molar-refractivity contribution in [2.24, 2.45) is 0 Å². The van der Waals surface area contributed by atoms with E-state index in [0.717, 1.165) is 5.56 Å². The van der Waals surface area contributed by atoms with Crippen molar-refractivity contribution in [2.45, 2.75) is 6.61 Å². The van der Waals surface area contributed by atoms with Crippen LogP contribution in [0.2, 0.25) is 5.02 Å². The van der Waals surface area contributed by atoms with Crippen LogP contribution in [0.15, 0.2) is 77.6 Å². The van der Waals surface area contributed by atoms with Gasteiger partial charge in [0.05, 0.1) is 16.3 Å². The van der Waals surface area contributed by atoms with Gasteiger partial charge in [0.1, 0.15) is 18.2 Å². The third kappa shape index (κ3) is 4.21. The van der Waals surface area contributed by atoms with Crippen LogP contribution in [0.1, 0.15) is 11.1 Å². The highest BCUT2D eigenvalue weighted by Gasteiger charge is 2.06. The average molecular weight is 421 g/mol. The van der Waals surface area contributed by atoms with Crippen molar-refractivity contribution in [1.29, 1.82) is 0 Å². The highest BCUT2D eigenvalue weighted by Crippen LogP contribution is 2.16. The van der Waals surface area contributed by atoms with Crippen molar-refractivity contribution in [1.82, 2.24) is 9.78 Å². The molecule has 0 aliphatic rings. The SMILES string of the molecule is C=c1[nH]n(-c2cccc(Cl)c2)c(=O)c1=Cc1ccc(OCc2ccccc2F)cc1. The summed E-state index contributed by atoms with van der Waals surface area (Å²) in [6.45, 7) is 4.07. The number of ether oxygens (including phenoxy) is 1. The Morgan fingerprint density at radius 2 is 1.83 bits per heavy atom. The van der Waals surface area contributed by atoms with E-state index in [-0.39, 0.29) is 18.0 Å². The molecule has 30 heavy (non-hydrogen) atoms. The summed E-state index contributed by atoms with van der Waals surface area (Å²) in [4.78, 5) is 12.8. The minimum Gasteiger partial charge on any atom is -0.489 e. The second-order valence-electron chi connectivity index (χ2n) is 6.72. The fourth-order valence-corrected chi connectivity index (χ4v) is 3.23. The monoisotopic (exact) mass is 420 g/mol. The first-order valence-corrected chi connectivity index (χ1v) is 9.63. The molecule has 1 aromatic heterocycles. The number of aromatic nitrogens is 2. The van der Waals surface area contributed by atoms with Crippen molar-refractivity contribution in [2.75, 3.05) is 0 Å². The van der Waals surface area contributed by atoms with Gasteiger partial charge in [-0.25, -0.2) is 9.07 Å². The third-order valence-corrected chi connectivity index (χ3v) is 4.85. The maximum atomic E-state index is 13.7. The molecular formula is C24H18ClFN2O2. The Kier molecular flexibility index (Phi) is 5.55. The lowest BCUT2D eigenvalue weighted by molar-refractivity contribution is 0.300. The van der Waals surface area contributed by atoms with Crippen LogP contribution >= 0.6 is 11.6 Å². The smallest absolute Gasteiger partial charge is 0.279 e. The molecule has 0 amide bonds. The molecule has 0 aliphatic carbocycles. The molecule has 0 unspecified atom stereocenters. The lowest BCUT2D eigenvalue weighted by Gasteiger charge is -2.07. The molecule has 0 saturated heterocycles. The van der Waals surface area contributed by atoms with Gasteiger partial charge >= 0.3 is 0 Å². The molecular weight excluding hydrogens is 403 g/mol. The van der Waals surface area contributed by atoms with Crippen LogP contribution in [-0.4, -0.2) is 9.78 Å². The molecule has 1 heterocycles. The van der Waals surface area contributed by atoms with Gasteiger partial charge in [0.25, 0.3) is 5.56 Å². The van der Waals surface area contributed by atoms with Crippen molar-refractivity contribution in [3.8, 4) is 11.4 Å². The number of hydrogen-bond acceptors (Lipinski definition) is 2. The standard InChI is InChI=1S/C24H18ClFN2O2/c1-16-22(24(29)28(27-16)20-7-4-6-19(25)14-20)13-17-9-11-21(12-10-17)30-15-18-5-2-3-8-23(18)26/h2-14,27H,1,15H2. The Bertz CT molecular complexity index is 1360. The van der Waals surface area contributed by atoms with E-state index < -0.39 is 0 Å². The van der Waals surface area contributed by atoms with Crippen molar-refractivity contribution >= 4 is 24.3 Å². The van der Waals surface area contributed by atoms with Crippen LogP contribution in [0.4, 0.5) is 4.39 Å². The number of nitrogens with one attached hydrogen (secondary N) is 1. The summed E-state index contributed by atoms with van der Waals surface area (Å²) in [5.74, 6) is 0.310. The first-order valence-electron chi connectivity index (χ1n) is 9.25. The van der Waals surface area contributed by atoms with Gasteiger partial charge < -0.3 is 4.74 Å². The van der Waals surface area contributed by atoms with Gasteiger partial charge in [-0.2, -0.15) is 0 Å². The van der Waals surface area contributed by atoms with Crippen molar-refractivity contribution < 1.29 is 9.13 Å². The number of halogens is 2. The van der Waals surface area contributed by atoms with Crippen molar-refractivity contribution in [3.63, 3.8) is 0 Å². The van der Waals surface area contributed by atoms with Crippen LogP contribution in [0.5, 0.6) is 5.75 Å². The Morgan fingerprint density at radius 3 is 2.57 bits per heavy atom. The summed E-state index contributed by atoms with van der Waals surface area (Å²) in [6, 6.07) is 20.7. The predicted molar refractivity (Wildman–Crippen MR) is 117 cm³/mol. The van der Waals surface area contributed by atoms with E-state index in [1.165, 1.54) is 10.7 Å². The molecule has 4 aromatic rings. The quantitative estimate of drug-likeness (QED) is 0.534. The molecule has 0 aliphatic heterocycles. The maximum Gasteiger partial charge on any atom is 0.279 e.